The maximum Gasteiger partial charge on any atom is 0.229 e. The van der Waals surface area contributed by atoms with Gasteiger partial charge in [0, 0.05) is 25.8 Å². The van der Waals surface area contributed by atoms with Crippen molar-refractivity contribution < 1.29 is 0 Å². The molecular formula is C13H19Cl2N7. The Morgan fingerprint density at radius 3 is 3.00 bits per heavy atom. The topological polar surface area (TPSA) is 79.7 Å². The summed E-state index contributed by atoms with van der Waals surface area (Å²) >= 11 is 6.14. The Hall–Kier alpha value is -1.57. The average Bonchev–Trinajstić information content (AvgIpc) is 3.11. The Morgan fingerprint density at radius 1 is 1.45 bits per heavy atom. The van der Waals surface area contributed by atoms with Crippen molar-refractivity contribution in [1.29, 1.82) is 0 Å². The lowest BCUT2D eigenvalue weighted by Gasteiger charge is -2.13. The third kappa shape index (κ3) is 4.22. The molecule has 3 rings (SSSR count). The molecule has 7 nitrogen and oxygen atoms in total. The molecule has 2 aromatic heterocycles. The number of anilines is 3. The van der Waals surface area contributed by atoms with Gasteiger partial charge in [-0.3, -0.25) is 4.68 Å². The van der Waals surface area contributed by atoms with Crippen LogP contribution >= 0.6 is 24.0 Å². The predicted molar refractivity (Wildman–Crippen MR) is 90.3 cm³/mol. The molecule has 3 N–H and O–H groups in total. The number of hydrogen-bond acceptors (Lipinski definition) is 6. The fourth-order valence-corrected chi connectivity index (χ4v) is 2.47. The molecule has 22 heavy (non-hydrogen) atoms. The SMILES string of the molecule is Cl.Cn1cc(Nc2ncc(Cl)c(NC[C@H]3CCCN3)n2)cn1. The Labute approximate surface area is 140 Å². The van der Waals surface area contributed by atoms with Gasteiger partial charge in [-0.25, -0.2) is 4.98 Å². The summed E-state index contributed by atoms with van der Waals surface area (Å²) in [6.07, 6.45) is 7.56. The molecule has 0 spiro atoms. The molecule has 1 saturated heterocycles. The maximum atomic E-state index is 6.14. The summed E-state index contributed by atoms with van der Waals surface area (Å²) in [5.74, 6) is 1.14. The van der Waals surface area contributed by atoms with Crippen LogP contribution in [0.4, 0.5) is 17.5 Å². The largest absolute Gasteiger partial charge is 0.367 e. The highest BCUT2D eigenvalue weighted by Crippen LogP contribution is 2.21. The van der Waals surface area contributed by atoms with Gasteiger partial charge in [0.25, 0.3) is 0 Å². The van der Waals surface area contributed by atoms with E-state index in [9.17, 15) is 0 Å². The van der Waals surface area contributed by atoms with Crippen LogP contribution in [-0.2, 0) is 7.05 Å². The molecule has 0 aliphatic carbocycles. The van der Waals surface area contributed by atoms with Crippen molar-refractivity contribution in [3.63, 3.8) is 0 Å². The van der Waals surface area contributed by atoms with Crippen molar-refractivity contribution in [3.05, 3.63) is 23.6 Å². The van der Waals surface area contributed by atoms with Crippen molar-refractivity contribution in [2.75, 3.05) is 23.7 Å². The quantitative estimate of drug-likeness (QED) is 0.772. The minimum Gasteiger partial charge on any atom is -0.367 e. The molecule has 1 aliphatic heterocycles. The van der Waals surface area contributed by atoms with Gasteiger partial charge in [-0.2, -0.15) is 10.1 Å². The molecule has 0 radical (unpaired) electrons. The van der Waals surface area contributed by atoms with Crippen LogP contribution in [0.5, 0.6) is 0 Å². The number of halogens is 2. The van der Waals surface area contributed by atoms with Crippen LogP contribution < -0.4 is 16.0 Å². The van der Waals surface area contributed by atoms with Crippen LogP contribution in [0.25, 0.3) is 0 Å². The van der Waals surface area contributed by atoms with Crippen molar-refractivity contribution >= 4 is 41.5 Å². The fourth-order valence-electron chi connectivity index (χ4n) is 2.32. The summed E-state index contributed by atoms with van der Waals surface area (Å²) in [5, 5.41) is 14.4. The zero-order chi connectivity index (χ0) is 14.7. The molecule has 1 fully saturated rings. The number of aryl methyl sites for hydroxylation is 1. The van der Waals surface area contributed by atoms with E-state index in [0.717, 1.165) is 18.8 Å². The second-order valence-electron chi connectivity index (χ2n) is 5.09. The first-order valence-corrected chi connectivity index (χ1v) is 7.34. The van der Waals surface area contributed by atoms with Gasteiger partial charge in [0.2, 0.25) is 5.95 Å². The lowest BCUT2D eigenvalue weighted by atomic mass is 10.2. The van der Waals surface area contributed by atoms with E-state index < -0.39 is 0 Å². The molecular weight excluding hydrogens is 325 g/mol. The van der Waals surface area contributed by atoms with Gasteiger partial charge < -0.3 is 16.0 Å². The molecule has 0 bridgehead atoms. The van der Waals surface area contributed by atoms with Crippen LogP contribution in [-0.4, -0.2) is 38.9 Å². The number of hydrogen-bond donors (Lipinski definition) is 3. The molecule has 9 heteroatoms. The molecule has 1 aliphatic rings. The van der Waals surface area contributed by atoms with Gasteiger partial charge in [0.05, 0.1) is 18.1 Å². The number of rotatable bonds is 5. The summed E-state index contributed by atoms with van der Waals surface area (Å²) in [5.41, 5.74) is 0.836. The van der Waals surface area contributed by atoms with E-state index in [-0.39, 0.29) is 12.4 Å². The highest BCUT2D eigenvalue weighted by Gasteiger charge is 2.14. The van der Waals surface area contributed by atoms with Crippen LogP contribution in [0.2, 0.25) is 5.02 Å². The van der Waals surface area contributed by atoms with Crippen molar-refractivity contribution in [1.82, 2.24) is 25.1 Å². The van der Waals surface area contributed by atoms with Gasteiger partial charge in [-0.05, 0) is 19.4 Å². The smallest absolute Gasteiger partial charge is 0.229 e. The summed E-state index contributed by atoms with van der Waals surface area (Å²) in [6, 6.07) is 0.478. The number of nitrogens with one attached hydrogen (secondary N) is 3. The summed E-state index contributed by atoms with van der Waals surface area (Å²) in [4.78, 5) is 8.58. The van der Waals surface area contributed by atoms with Crippen LogP contribution in [0, 0.1) is 0 Å². The third-order valence-corrected chi connectivity index (χ3v) is 3.66. The lowest BCUT2D eigenvalue weighted by molar-refractivity contribution is 0.632. The van der Waals surface area contributed by atoms with Gasteiger partial charge in [-0.1, -0.05) is 11.6 Å². The summed E-state index contributed by atoms with van der Waals surface area (Å²) in [6.45, 7) is 1.89. The zero-order valence-corrected chi connectivity index (χ0v) is 13.8. The van der Waals surface area contributed by atoms with E-state index in [1.165, 1.54) is 12.8 Å². The van der Waals surface area contributed by atoms with E-state index >= 15 is 0 Å². The molecule has 0 amide bonds. The highest BCUT2D eigenvalue weighted by molar-refractivity contribution is 6.32. The third-order valence-electron chi connectivity index (χ3n) is 3.38. The first-order valence-electron chi connectivity index (χ1n) is 6.96. The fraction of sp³-hybridized carbons (Fsp3) is 0.462. The highest BCUT2D eigenvalue weighted by atomic mass is 35.5. The molecule has 1 atom stereocenters. The molecule has 2 aromatic rings. The van der Waals surface area contributed by atoms with Gasteiger partial charge in [-0.15, -0.1) is 12.4 Å². The number of nitrogens with zero attached hydrogens (tertiary/aromatic N) is 4. The first kappa shape index (κ1) is 16.8. The Kier molecular flexibility index (Phi) is 5.82. The van der Waals surface area contributed by atoms with Gasteiger partial charge in [0.15, 0.2) is 5.82 Å². The molecule has 0 aromatic carbocycles. The van der Waals surface area contributed by atoms with Crippen molar-refractivity contribution in [2.45, 2.75) is 18.9 Å². The minimum atomic E-state index is 0. The second-order valence-corrected chi connectivity index (χ2v) is 5.50. The first-order chi connectivity index (χ1) is 10.2. The van der Waals surface area contributed by atoms with Crippen LogP contribution in [0.3, 0.4) is 0 Å². The van der Waals surface area contributed by atoms with E-state index in [0.29, 0.717) is 22.8 Å². The van der Waals surface area contributed by atoms with E-state index in [2.05, 4.69) is 31.0 Å². The Morgan fingerprint density at radius 2 is 2.32 bits per heavy atom. The molecule has 0 saturated carbocycles. The second kappa shape index (κ2) is 7.62. The zero-order valence-electron chi connectivity index (χ0n) is 12.2. The molecule has 3 heterocycles. The average molecular weight is 344 g/mol. The Balaban J connectivity index is 0.00000176. The maximum absolute atomic E-state index is 6.14. The number of aromatic nitrogens is 4. The van der Waals surface area contributed by atoms with Crippen LogP contribution in [0.15, 0.2) is 18.6 Å². The van der Waals surface area contributed by atoms with E-state index in [1.54, 1.807) is 17.1 Å². The van der Waals surface area contributed by atoms with Gasteiger partial charge in [0.1, 0.15) is 5.02 Å². The molecule has 0 unspecified atom stereocenters. The van der Waals surface area contributed by atoms with Crippen LogP contribution in [0.1, 0.15) is 12.8 Å². The lowest BCUT2D eigenvalue weighted by Crippen LogP contribution is -2.29. The summed E-state index contributed by atoms with van der Waals surface area (Å²) in [7, 11) is 1.86. The minimum absolute atomic E-state index is 0. The molecule has 120 valence electrons. The van der Waals surface area contributed by atoms with E-state index in [1.807, 2.05) is 13.2 Å². The van der Waals surface area contributed by atoms with Gasteiger partial charge >= 0.3 is 0 Å². The summed E-state index contributed by atoms with van der Waals surface area (Å²) < 4.78 is 1.71. The van der Waals surface area contributed by atoms with Crippen molar-refractivity contribution in [3.8, 4) is 0 Å². The van der Waals surface area contributed by atoms with Crippen molar-refractivity contribution in [2.24, 2.45) is 7.05 Å². The predicted octanol–water partition coefficient (Wildman–Crippen LogP) is 2.19. The standard InChI is InChI=1S/C13H18ClN7.ClH/c1-21-8-10(6-18-21)19-13-17-7-11(14)12(20-13)16-5-9-3-2-4-15-9;/h6-9,15H,2-5H2,1H3,(H2,16,17,19,20);1H/t9-;/m1./s1. The van der Waals surface area contributed by atoms with E-state index in [4.69, 9.17) is 11.6 Å². The monoisotopic (exact) mass is 343 g/mol. The Bertz CT molecular complexity index is 610. The normalized spacial score (nSPS) is 17.1.